The second-order valence-electron chi connectivity index (χ2n) is 6.40. The highest BCUT2D eigenvalue weighted by Gasteiger charge is 2.30. The highest BCUT2D eigenvalue weighted by molar-refractivity contribution is 8.06. The Kier molecular flexibility index (Phi) is 5.51. The van der Waals surface area contributed by atoms with Gasteiger partial charge < -0.3 is 5.11 Å². The summed E-state index contributed by atoms with van der Waals surface area (Å²) in [6.07, 6.45) is 0. The van der Waals surface area contributed by atoms with Crippen LogP contribution in [0.5, 0.6) is 5.88 Å². The second kappa shape index (κ2) is 7.88. The van der Waals surface area contributed by atoms with Crippen molar-refractivity contribution in [2.24, 2.45) is 19.1 Å². The minimum atomic E-state index is -4.16. The largest absolute Gasteiger partial charge is 0.494 e. The molecule has 0 fully saturated rings. The van der Waals surface area contributed by atoms with Crippen molar-refractivity contribution in [3.63, 3.8) is 0 Å². The smallest absolute Gasteiger partial charge is 0.333 e. The molecular weight excluding hydrogens is 394 g/mol. The van der Waals surface area contributed by atoms with E-state index < -0.39 is 43.3 Å². The van der Waals surface area contributed by atoms with Crippen LogP contribution < -0.4 is 11.2 Å². The molecule has 9 heteroatoms. The number of rotatable bonds is 4. The maximum absolute atomic E-state index is 13.2. The van der Waals surface area contributed by atoms with Crippen LogP contribution in [0.2, 0.25) is 0 Å². The van der Waals surface area contributed by atoms with Crippen molar-refractivity contribution in [1.29, 1.82) is 0 Å². The number of sulfone groups is 1. The Hall–Kier alpha value is -3.46. The molecular formula is C20H19N3O5S. The molecule has 0 aliphatic rings. The monoisotopic (exact) mass is 413 g/mol. The molecule has 0 aliphatic carbocycles. The molecule has 2 aromatic carbocycles. The lowest BCUT2D eigenvalue weighted by Gasteiger charge is -2.13. The summed E-state index contributed by atoms with van der Waals surface area (Å²) in [4.78, 5) is 29.0. The number of hydrogen-bond acceptors (Lipinski definition) is 6. The van der Waals surface area contributed by atoms with Gasteiger partial charge in [0.15, 0.2) is 5.04 Å². The average molecular weight is 413 g/mol. The summed E-state index contributed by atoms with van der Waals surface area (Å²) < 4.78 is 28.0. The topological polar surface area (TPSA) is 111 Å². The van der Waals surface area contributed by atoms with Crippen molar-refractivity contribution >= 4 is 20.6 Å². The summed E-state index contributed by atoms with van der Waals surface area (Å²) >= 11 is 0. The van der Waals surface area contributed by atoms with Gasteiger partial charge in [-0.3, -0.25) is 13.9 Å². The molecule has 0 aliphatic heterocycles. The molecule has 3 rings (SSSR count). The van der Waals surface area contributed by atoms with Crippen LogP contribution in [0.3, 0.4) is 0 Å². The number of hydrogen-bond donors (Lipinski definition) is 1. The first kappa shape index (κ1) is 20.3. The van der Waals surface area contributed by atoms with Crippen LogP contribution in [0.15, 0.2) is 75.2 Å². The van der Waals surface area contributed by atoms with E-state index in [-0.39, 0.29) is 5.69 Å². The predicted molar refractivity (Wildman–Crippen MR) is 110 cm³/mol. The molecule has 0 saturated heterocycles. The summed E-state index contributed by atoms with van der Waals surface area (Å²) in [6, 6.07) is 16.6. The summed E-state index contributed by atoms with van der Waals surface area (Å²) in [5.41, 5.74) is -1.49. The molecule has 1 N–H and O–H groups in total. The molecule has 1 aromatic heterocycles. The van der Waals surface area contributed by atoms with Gasteiger partial charge in [0.05, 0.1) is 11.4 Å². The third kappa shape index (κ3) is 4.04. The molecule has 29 heavy (non-hydrogen) atoms. The van der Waals surface area contributed by atoms with E-state index in [4.69, 9.17) is 0 Å². The molecule has 0 bridgehead atoms. The quantitative estimate of drug-likeness (QED) is 0.515. The van der Waals surface area contributed by atoms with Gasteiger partial charge in [-0.2, -0.15) is 0 Å². The standard InChI is InChI=1S/C20H19N3O5S/c1-22-18(24)16(19(25)23(2)20(22)26)17(21-15-11-7-4-8-12-15)29(27,28)13-14-9-5-3-6-10-14/h3-12,24H,13H2,1-2H3. The minimum Gasteiger partial charge on any atom is -0.494 e. The van der Waals surface area contributed by atoms with Crippen molar-refractivity contribution in [3.05, 3.63) is 92.6 Å². The third-order valence-corrected chi connectivity index (χ3v) is 5.93. The van der Waals surface area contributed by atoms with Crippen LogP contribution in [-0.2, 0) is 29.7 Å². The van der Waals surface area contributed by atoms with Crippen LogP contribution in [-0.4, -0.2) is 27.7 Å². The summed E-state index contributed by atoms with van der Waals surface area (Å²) in [5.74, 6) is -1.19. The lowest BCUT2D eigenvalue weighted by molar-refractivity contribution is 0.410. The van der Waals surface area contributed by atoms with Gasteiger partial charge in [0.2, 0.25) is 15.7 Å². The number of aromatic nitrogens is 2. The minimum absolute atomic E-state index is 0.287. The first-order valence-electron chi connectivity index (χ1n) is 8.62. The highest BCUT2D eigenvalue weighted by Crippen LogP contribution is 2.21. The Bertz CT molecular complexity index is 1290. The van der Waals surface area contributed by atoms with Crippen LogP contribution in [0.4, 0.5) is 5.69 Å². The predicted octanol–water partition coefficient (Wildman–Crippen LogP) is 1.48. The van der Waals surface area contributed by atoms with E-state index in [0.29, 0.717) is 5.56 Å². The molecule has 0 spiro atoms. The van der Waals surface area contributed by atoms with Crippen molar-refractivity contribution in [1.82, 2.24) is 9.13 Å². The molecule has 8 nitrogen and oxygen atoms in total. The number of aromatic hydroxyl groups is 1. The van der Waals surface area contributed by atoms with Crippen molar-refractivity contribution < 1.29 is 13.5 Å². The molecule has 0 saturated carbocycles. The van der Waals surface area contributed by atoms with Crippen LogP contribution in [0.25, 0.3) is 0 Å². The Morgan fingerprint density at radius 3 is 2.07 bits per heavy atom. The van der Waals surface area contributed by atoms with Crippen molar-refractivity contribution in [2.45, 2.75) is 5.75 Å². The zero-order chi connectivity index (χ0) is 21.2. The highest BCUT2D eigenvalue weighted by atomic mass is 32.2. The molecule has 0 amide bonds. The molecule has 3 aromatic rings. The molecule has 1 heterocycles. The van der Waals surface area contributed by atoms with Gasteiger partial charge in [-0.05, 0) is 17.7 Å². The Morgan fingerprint density at radius 1 is 0.931 bits per heavy atom. The summed E-state index contributed by atoms with van der Waals surface area (Å²) in [7, 11) is -1.71. The third-order valence-electron chi connectivity index (χ3n) is 4.33. The van der Waals surface area contributed by atoms with E-state index >= 15 is 0 Å². The maximum atomic E-state index is 13.2. The van der Waals surface area contributed by atoms with Gasteiger partial charge in [0, 0.05) is 14.1 Å². The number of para-hydroxylation sites is 1. The summed E-state index contributed by atoms with van der Waals surface area (Å²) in [5, 5.41) is 9.87. The van der Waals surface area contributed by atoms with Gasteiger partial charge in [0.25, 0.3) is 5.56 Å². The van der Waals surface area contributed by atoms with Crippen molar-refractivity contribution in [2.75, 3.05) is 0 Å². The average Bonchev–Trinajstić information content (AvgIpc) is 2.71. The Balaban J connectivity index is 2.31. The van der Waals surface area contributed by atoms with E-state index in [0.717, 1.165) is 9.13 Å². The molecule has 150 valence electrons. The molecule has 0 radical (unpaired) electrons. The zero-order valence-electron chi connectivity index (χ0n) is 15.8. The maximum Gasteiger partial charge on any atom is 0.333 e. The fourth-order valence-electron chi connectivity index (χ4n) is 2.78. The van der Waals surface area contributed by atoms with Gasteiger partial charge in [-0.25, -0.2) is 18.2 Å². The van der Waals surface area contributed by atoms with Crippen molar-refractivity contribution in [3.8, 4) is 5.88 Å². The Labute approximate surface area is 167 Å². The number of aliphatic imine (C=N–C) groups is 1. The molecule has 0 unspecified atom stereocenters. The van der Waals surface area contributed by atoms with Gasteiger partial charge in [-0.1, -0.05) is 48.5 Å². The van der Waals surface area contributed by atoms with E-state index in [1.54, 1.807) is 60.7 Å². The lowest BCUT2D eigenvalue weighted by atomic mass is 10.2. The van der Waals surface area contributed by atoms with E-state index in [1.165, 1.54) is 14.1 Å². The lowest BCUT2D eigenvalue weighted by Crippen LogP contribution is -2.41. The number of benzene rings is 2. The van der Waals surface area contributed by atoms with Gasteiger partial charge >= 0.3 is 5.69 Å². The first-order valence-corrected chi connectivity index (χ1v) is 10.3. The van der Waals surface area contributed by atoms with E-state index in [2.05, 4.69) is 4.99 Å². The second-order valence-corrected chi connectivity index (χ2v) is 8.31. The SMILES string of the molecule is Cn1c(O)c(C(=Nc2ccccc2)S(=O)(=O)Cc2ccccc2)c(=O)n(C)c1=O. The van der Waals surface area contributed by atoms with E-state index in [9.17, 15) is 23.1 Å². The van der Waals surface area contributed by atoms with Gasteiger partial charge in [0.1, 0.15) is 5.56 Å². The van der Waals surface area contributed by atoms with Crippen LogP contribution in [0.1, 0.15) is 11.1 Å². The Morgan fingerprint density at radius 2 is 1.48 bits per heavy atom. The normalized spacial score (nSPS) is 12.1. The number of nitrogens with zero attached hydrogens (tertiary/aromatic N) is 3. The molecule has 0 atom stereocenters. The van der Waals surface area contributed by atoms with Crippen LogP contribution >= 0.6 is 0 Å². The fraction of sp³-hybridized carbons (Fsp3) is 0.150. The fourth-order valence-corrected chi connectivity index (χ4v) is 4.29. The first-order chi connectivity index (χ1) is 13.7. The zero-order valence-corrected chi connectivity index (χ0v) is 16.6. The van der Waals surface area contributed by atoms with E-state index in [1.807, 2.05) is 0 Å². The summed E-state index contributed by atoms with van der Waals surface area (Å²) in [6.45, 7) is 0. The van der Waals surface area contributed by atoms with Crippen LogP contribution in [0, 0.1) is 0 Å². The van der Waals surface area contributed by atoms with Gasteiger partial charge in [-0.15, -0.1) is 0 Å².